The minimum atomic E-state index is -0.0689. The largest absolute Gasteiger partial charge is 0.469 e. The van der Waals surface area contributed by atoms with Gasteiger partial charge >= 0.3 is 0 Å². The molecule has 1 aromatic heterocycles. The van der Waals surface area contributed by atoms with Crippen molar-refractivity contribution in [3.8, 4) is 0 Å². The Morgan fingerprint density at radius 2 is 2.19 bits per heavy atom. The Bertz CT molecular complexity index is 648. The number of nitrogens with one attached hydrogen (secondary N) is 1. The molecule has 1 aliphatic heterocycles. The Balaban J connectivity index is 1.62. The molecule has 0 radical (unpaired) electrons. The number of benzene rings is 1. The third kappa shape index (κ3) is 2.66. The minimum absolute atomic E-state index is 0.0689. The Kier molecular flexibility index (Phi) is 3.69. The molecule has 1 aliphatic rings. The molecule has 0 fully saturated rings. The lowest BCUT2D eigenvalue weighted by Gasteiger charge is -2.27. The van der Waals surface area contributed by atoms with Crippen LogP contribution in [-0.2, 0) is 6.42 Å². The van der Waals surface area contributed by atoms with E-state index in [1.165, 1.54) is 11.3 Å². The Morgan fingerprint density at radius 1 is 1.38 bits per heavy atom. The fraction of sp³-hybridized carbons (Fsp3) is 0.353. The maximum Gasteiger partial charge on any atom is 0.254 e. The number of para-hydroxylation sites is 1. The third-order valence-corrected chi connectivity index (χ3v) is 4.12. The zero-order valence-electron chi connectivity index (χ0n) is 12.4. The first-order valence-corrected chi connectivity index (χ1v) is 7.33. The SMILES string of the molecule is Cc1occc1C(=O)NC[C@@H](C)N1CCc2ccccc21. The van der Waals surface area contributed by atoms with Crippen molar-refractivity contribution >= 4 is 11.6 Å². The number of amides is 1. The third-order valence-electron chi connectivity index (χ3n) is 4.12. The van der Waals surface area contributed by atoms with Crippen molar-refractivity contribution < 1.29 is 9.21 Å². The topological polar surface area (TPSA) is 45.5 Å². The van der Waals surface area contributed by atoms with Gasteiger partial charge in [-0.05, 0) is 38.0 Å². The maximum atomic E-state index is 12.1. The Morgan fingerprint density at radius 3 is 2.95 bits per heavy atom. The standard InChI is InChI=1S/C17H20N2O2/c1-12(11-18-17(20)15-8-10-21-13(15)2)19-9-7-14-5-3-4-6-16(14)19/h3-6,8,10,12H,7,9,11H2,1-2H3,(H,18,20)/t12-/m1/s1. The van der Waals surface area contributed by atoms with Crippen molar-refractivity contribution in [2.75, 3.05) is 18.0 Å². The summed E-state index contributed by atoms with van der Waals surface area (Å²) in [5.74, 6) is 0.590. The number of hydrogen-bond donors (Lipinski definition) is 1. The lowest BCUT2D eigenvalue weighted by atomic mass is 10.1. The average molecular weight is 284 g/mol. The number of fused-ring (bicyclic) bond motifs is 1. The van der Waals surface area contributed by atoms with E-state index in [-0.39, 0.29) is 11.9 Å². The normalized spacial score (nSPS) is 14.9. The Hall–Kier alpha value is -2.23. The van der Waals surface area contributed by atoms with Gasteiger partial charge in [0.25, 0.3) is 5.91 Å². The van der Waals surface area contributed by atoms with E-state index in [2.05, 4.69) is 41.4 Å². The van der Waals surface area contributed by atoms with Crippen LogP contribution in [0.25, 0.3) is 0 Å². The average Bonchev–Trinajstić information content (AvgIpc) is 3.10. The molecule has 1 amide bonds. The van der Waals surface area contributed by atoms with Crippen LogP contribution >= 0.6 is 0 Å². The van der Waals surface area contributed by atoms with Crippen LogP contribution in [0, 0.1) is 6.92 Å². The molecule has 1 N–H and O–H groups in total. The van der Waals surface area contributed by atoms with Crippen molar-refractivity contribution in [3.63, 3.8) is 0 Å². The zero-order valence-corrected chi connectivity index (χ0v) is 12.4. The lowest BCUT2D eigenvalue weighted by Crippen LogP contribution is -2.41. The van der Waals surface area contributed by atoms with E-state index in [1.54, 1.807) is 19.3 Å². The van der Waals surface area contributed by atoms with Crippen LogP contribution in [0.1, 0.15) is 28.6 Å². The molecule has 0 bridgehead atoms. The van der Waals surface area contributed by atoms with Crippen molar-refractivity contribution in [2.24, 2.45) is 0 Å². The van der Waals surface area contributed by atoms with Gasteiger partial charge in [-0.2, -0.15) is 0 Å². The van der Waals surface area contributed by atoms with Gasteiger partial charge in [0.1, 0.15) is 5.76 Å². The second-order valence-electron chi connectivity index (χ2n) is 5.52. The van der Waals surface area contributed by atoms with Crippen LogP contribution in [0.5, 0.6) is 0 Å². The number of carbonyl (C=O) groups is 1. The van der Waals surface area contributed by atoms with Gasteiger partial charge in [0.05, 0.1) is 11.8 Å². The predicted octanol–water partition coefficient (Wildman–Crippen LogP) is 2.77. The summed E-state index contributed by atoms with van der Waals surface area (Å²) in [7, 11) is 0. The molecular weight excluding hydrogens is 264 g/mol. The monoisotopic (exact) mass is 284 g/mol. The number of aryl methyl sites for hydroxylation is 1. The first-order chi connectivity index (χ1) is 10.2. The molecule has 3 rings (SSSR count). The molecular formula is C17H20N2O2. The molecule has 2 heterocycles. The highest BCUT2D eigenvalue weighted by Gasteiger charge is 2.23. The molecule has 21 heavy (non-hydrogen) atoms. The van der Waals surface area contributed by atoms with Gasteiger partial charge in [0.2, 0.25) is 0 Å². The highest BCUT2D eigenvalue weighted by Crippen LogP contribution is 2.28. The number of hydrogen-bond acceptors (Lipinski definition) is 3. The molecule has 0 saturated heterocycles. The zero-order chi connectivity index (χ0) is 14.8. The summed E-state index contributed by atoms with van der Waals surface area (Å²) in [4.78, 5) is 14.5. The minimum Gasteiger partial charge on any atom is -0.469 e. The smallest absolute Gasteiger partial charge is 0.254 e. The fourth-order valence-corrected chi connectivity index (χ4v) is 2.89. The van der Waals surface area contributed by atoms with E-state index < -0.39 is 0 Å². The van der Waals surface area contributed by atoms with E-state index in [4.69, 9.17) is 4.42 Å². The number of anilines is 1. The second kappa shape index (κ2) is 5.64. The van der Waals surface area contributed by atoms with Gasteiger partial charge in [-0.25, -0.2) is 0 Å². The molecule has 110 valence electrons. The first kappa shape index (κ1) is 13.7. The van der Waals surface area contributed by atoms with E-state index in [9.17, 15) is 4.79 Å². The van der Waals surface area contributed by atoms with Crippen molar-refractivity contribution in [1.82, 2.24) is 5.32 Å². The van der Waals surface area contributed by atoms with Crippen LogP contribution < -0.4 is 10.2 Å². The summed E-state index contributed by atoms with van der Waals surface area (Å²) < 4.78 is 5.17. The van der Waals surface area contributed by atoms with Crippen molar-refractivity contribution in [1.29, 1.82) is 0 Å². The summed E-state index contributed by atoms with van der Waals surface area (Å²) in [6, 6.07) is 10.5. The van der Waals surface area contributed by atoms with Crippen LogP contribution in [0.15, 0.2) is 41.0 Å². The van der Waals surface area contributed by atoms with Crippen molar-refractivity contribution in [3.05, 3.63) is 53.5 Å². The first-order valence-electron chi connectivity index (χ1n) is 7.33. The van der Waals surface area contributed by atoms with Crippen LogP contribution in [-0.4, -0.2) is 25.0 Å². The molecule has 2 aromatic rings. The van der Waals surface area contributed by atoms with Gasteiger partial charge < -0.3 is 14.6 Å². The van der Waals surface area contributed by atoms with E-state index in [0.29, 0.717) is 17.9 Å². The highest BCUT2D eigenvalue weighted by molar-refractivity contribution is 5.95. The molecule has 4 nitrogen and oxygen atoms in total. The van der Waals surface area contributed by atoms with Gasteiger partial charge in [-0.15, -0.1) is 0 Å². The summed E-state index contributed by atoms with van der Waals surface area (Å²) >= 11 is 0. The summed E-state index contributed by atoms with van der Waals surface area (Å²) in [5, 5.41) is 2.99. The number of rotatable bonds is 4. The van der Waals surface area contributed by atoms with Crippen LogP contribution in [0.3, 0.4) is 0 Å². The van der Waals surface area contributed by atoms with Gasteiger partial charge in [0, 0.05) is 24.8 Å². The van der Waals surface area contributed by atoms with Gasteiger partial charge in [-0.3, -0.25) is 4.79 Å². The predicted molar refractivity (Wildman–Crippen MR) is 82.7 cm³/mol. The molecule has 0 saturated carbocycles. The van der Waals surface area contributed by atoms with Gasteiger partial charge in [-0.1, -0.05) is 18.2 Å². The highest BCUT2D eigenvalue weighted by atomic mass is 16.3. The molecule has 0 aliphatic carbocycles. The van der Waals surface area contributed by atoms with E-state index in [0.717, 1.165) is 13.0 Å². The van der Waals surface area contributed by atoms with Crippen LogP contribution in [0.2, 0.25) is 0 Å². The number of nitrogens with zero attached hydrogens (tertiary/aromatic N) is 1. The number of carbonyl (C=O) groups excluding carboxylic acids is 1. The fourth-order valence-electron chi connectivity index (χ4n) is 2.89. The maximum absolute atomic E-state index is 12.1. The molecule has 1 aromatic carbocycles. The summed E-state index contributed by atoms with van der Waals surface area (Å²) in [6.07, 6.45) is 2.62. The van der Waals surface area contributed by atoms with Gasteiger partial charge in [0.15, 0.2) is 0 Å². The summed E-state index contributed by atoms with van der Waals surface area (Å²) in [6.45, 7) is 5.58. The number of furan rings is 1. The Labute approximate surface area is 124 Å². The van der Waals surface area contributed by atoms with E-state index >= 15 is 0 Å². The second-order valence-corrected chi connectivity index (χ2v) is 5.52. The molecule has 1 atom stereocenters. The molecule has 0 spiro atoms. The van der Waals surface area contributed by atoms with Crippen LogP contribution in [0.4, 0.5) is 5.69 Å². The van der Waals surface area contributed by atoms with E-state index in [1.807, 2.05) is 0 Å². The molecule has 4 heteroatoms. The van der Waals surface area contributed by atoms with Crippen molar-refractivity contribution in [2.45, 2.75) is 26.3 Å². The quantitative estimate of drug-likeness (QED) is 0.939. The molecule has 0 unspecified atom stereocenters. The lowest BCUT2D eigenvalue weighted by molar-refractivity contribution is 0.0950. The summed E-state index contributed by atoms with van der Waals surface area (Å²) in [5.41, 5.74) is 3.30.